The van der Waals surface area contributed by atoms with Gasteiger partial charge in [-0.2, -0.15) is 4.98 Å². The van der Waals surface area contributed by atoms with Gasteiger partial charge in [-0.3, -0.25) is 4.79 Å². The first kappa shape index (κ1) is 21.2. The van der Waals surface area contributed by atoms with Crippen LogP contribution in [-0.4, -0.2) is 30.1 Å². The number of aromatic nitrogens is 1. The van der Waals surface area contributed by atoms with E-state index < -0.39 is 17.5 Å². The highest BCUT2D eigenvalue weighted by molar-refractivity contribution is 6.03. The van der Waals surface area contributed by atoms with Gasteiger partial charge in [0.15, 0.2) is 23.1 Å². The van der Waals surface area contributed by atoms with Gasteiger partial charge in [0.25, 0.3) is 11.9 Å². The first-order chi connectivity index (χ1) is 15.5. The molecule has 2 aliphatic carbocycles. The topological polar surface area (TPSA) is 67.6 Å². The molecule has 1 saturated heterocycles. The maximum atomic E-state index is 14.6. The van der Waals surface area contributed by atoms with Crippen LogP contribution in [0.5, 0.6) is 5.75 Å². The van der Waals surface area contributed by atoms with E-state index in [4.69, 9.17) is 9.15 Å². The Kier molecular flexibility index (Phi) is 5.78. The number of amides is 1. The van der Waals surface area contributed by atoms with Crippen molar-refractivity contribution in [3.8, 4) is 5.75 Å². The smallest absolute Gasteiger partial charge is 0.298 e. The highest BCUT2D eigenvalue weighted by Crippen LogP contribution is 2.52. The van der Waals surface area contributed by atoms with Gasteiger partial charge in [0.05, 0.1) is 6.10 Å². The van der Waals surface area contributed by atoms with E-state index >= 15 is 0 Å². The van der Waals surface area contributed by atoms with Crippen LogP contribution in [0.1, 0.15) is 68.1 Å². The number of aryl methyl sites for hydroxylation is 1. The largest absolute Gasteiger partial charge is 0.484 e. The van der Waals surface area contributed by atoms with Crippen molar-refractivity contribution in [2.75, 3.05) is 23.3 Å². The molecule has 0 bridgehead atoms. The lowest BCUT2D eigenvalue weighted by molar-refractivity contribution is 0.102. The van der Waals surface area contributed by atoms with Crippen LogP contribution >= 0.6 is 0 Å². The van der Waals surface area contributed by atoms with Crippen LogP contribution in [-0.2, 0) is 6.42 Å². The molecule has 8 heteroatoms. The minimum absolute atomic E-state index is 0.0213. The van der Waals surface area contributed by atoms with E-state index in [9.17, 15) is 13.6 Å². The number of carbonyl (C=O) groups is 1. The van der Waals surface area contributed by atoms with Crippen molar-refractivity contribution >= 4 is 17.6 Å². The zero-order chi connectivity index (χ0) is 22.2. The molecule has 1 aromatic carbocycles. The summed E-state index contributed by atoms with van der Waals surface area (Å²) >= 11 is 0. The Balaban J connectivity index is 1.30. The highest BCUT2D eigenvalue weighted by atomic mass is 19.1. The van der Waals surface area contributed by atoms with Gasteiger partial charge in [-0.1, -0.05) is 19.8 Å². The number of ether oxygens (including phenoxy) is 1. The molecular weight excluding hydrogens is 416 g/mol. The first-order valence-electron chi connectivity index (χ1n) is 11.7. The number of nitrogens with one attached hydrogen (secondary N) is 1. The Morgan fingerprint density at radius 3 is 2.41 bits per heavy atom. The molecule has 0 radical (unpaired) electrons. The van der Waals surface area contributed by atoms with Gasteiger partial charge in [-0.05, 0) is 43.9 Å². The number of fused-ring (bicyclic) bond motifs is 1. The third kappa shape index (κ3) is 4.32. The second kappa shape index (κ2) is 8.71. The number of carbonyl (C=O) groups excluding carboxylic acids is 1. The average molecular weight is 446 g/mol. The lowest BCUT2D eigenvalue weighted by Crippen LogP contribution is -2.24. The SMILES string of the molecule is CCc1oc(N2CCCCCC2)nc1C(=O)Nc1cc(F)c(OC2CC3CC3C2)c(F)c1. The molecular formula is C24H29F2N3O3. The monoisotopic (exact) mass is 445 g/mol. The van der Waals surface area contributed by atoms with Crippen molar-refractivity contribution in [1.82, 2.24) is 4.98 Å². The fourth-order valence-corrected chi connectivity index (χ4v) is 5.01. The minimum atomic E-state index is -0.818. The van der Waals surface area contributed by atoms with Gasteiger partial charge >= 0.3 is 0 Å². The molecule has 3 fully saturated rings. The fraction of sp³-hybridized carbons (Fsp3) is 0.583. The number of oxazole rings is 1. The molecule has 2 unspecified atom stereocenters. The van der Waals surface area contributed by atoms with E-state index in [0.717, 1.165) is 50.9 Å². The maximum Gasteiger partial charge on any atom is 0.298 e. The summed E-state index contributed by atoms with van der Waals surface area (Å²) in [4.78, 5) is 19.3. The van der Waals surface area contributed by atoms with Crippen molar-refractivity contribution in [2.24, 2.45) is 11.8 Å². The quantitative estimate of drug-likeness (QED) is 0.651. The lowest BCUT2D eigenvalue weighted by atomic mass is 10.2. The number of nitrogens with zero attached hydrogens (tertiary/aromatic N) is 2. The molecule has 3 aliphatic rings. The van der Waals surface area contributed by atoms with E-state index in [-0.39, 0.29) is 23.2 Å². The third-order valence-electron chi connectivity index (χ3n) is 6.84. The Morgan fingerprint density at radius 2 is 1.78 bits per heavy atom. The van der Waals surface area contributed by atoms with Crippen molar-refractivity contribution in [3.63, 3.8) is 0 Å². The predicted molar refractivity (Wildman–Crippen MR) is 116 cm³/mol. The third-order valence-corrected chi connectivity index (χ3v) is 6.84. The summed E-state index contributed by atoms with van der Waals surface area (Å²) in [6.45, 7) is 3.55. The fourth-order valence-electron chi connectivity index (χ4n) is 5.01. The van der Waals surface area contributed by atoms with E-state index in [2.05, 4.69) is 15.2 Å². The van der Waals surface area contributed by atoms with Crippen LogP contribution in [0.15, 0.2) is 16.5 Å². The number of benzene rings is 1. The van der Waals surface area contributed by atoms with Crippen LogP contribution in [0.3, 0.4) is 0 Å². The molecule has 5 rings (SSSR count). The van der Waals surface area contributed by atoms with Crippen LogP contribution in [0.2, 0.25) is 0 Å². The molecule has 2 heterocycles. The van der Waals surface area contributed by atoms with Crippen molar-refractivity contribution in [2.45, 2.75) is 64.4 Å². The molecule has 2 atom stereocenters. The van der Waals surface area contributed by atoms with E-state index in [1.54, 1.807) is 0 Å². The van der Waals surface area contributed by atoms with Gasteiger partial charge in [-0.25, -0.2) is 8.78 Å². The molecule has 0 spiro atoms. The Labute approximate surface area is 186 Å². The molecule has 1 aliphatic heterocycles. The summed E-state index contributed by atoms with van der Waals surface area (Å²) in [5, 5.41) is 2.56. The standard InChI is InChI=1S/C24H29F2N3O3/c1-2-20-21(28-24(32-20)29-7-5-3-4-6-8-29)23(30)27-16-12-18(25)22(19(26)13-16)31-17-10-14-9-15(14)11-17/h12-15,17H,2-11H2,1H3,(H,27,30). The molecule has 2 aromatic rings. The number of anilines is 2. The summed E-state index contributed by atoms with van der Waals surface area (Å²) in [6.07, 6.45) is 7.72. The normalized spacial score (nSPS) is 24.7. The molecule has 2 saturated carbocycles. The van der Waals surface area contributed by atoms with Crippen LogP contribution in [0.25, 0.3) is 0 Å². The summed E-state index contributed by atoms with van der Waals surface area (Å²) in [6, 6.07) is 2.62. The summed E-state index contributed by atoms with van der Waals surface area (Å²) < 4.78 is 40.7. The summed E-state index contributed by atoms with van der Waals surface area (Å²) in [7, 11) is 0. The van der Waals surface area contributed by atoms with Crippen LogP contribution in [0.4, 0.5) is 20.5 Å². The van der Waals surface area contributed by atoms with Gasteiger partial charge in [0.1, 0.15) is 5.76 Å². The average Bonchev–Trinajstić information content (AvgIpc) is 3.28. The van der Waals surface area contributed by atoms with Crippen molar-refractivity contribution < 1.29 is 22.7 Å². The Bertz CT molecular complexity index is 967. The second-order valence-electron chi connectivity index (χ2n) is 9.21. The van der Waals surface area contributed by atoms with E-state index in [1.807, 2.05) is 6.92 Å². The Morgan fingerprint density at radius 1 is 1.12 bits per heavy atom. The van der Waals surface area contributed by atoms with E-state index in [0.29, 0.717) is 30.0 Å². The number of hydrogen-bond acceptors (Lipinski definition) is 5. The molecule has 172 valence electrons. The molecule has 32 heavy (non-hydrogen) atoms. The minimum Gasteiger partial charge on any atom is -0.484 e. The first-order valence-corrected chi connectivity index (χ1v) is 11.7. The zero-order valence-corrected chi connectivity index (χ0v) is 18.3. The number of rotatable bonds is 6. The zero-order valence-electron chi connectivity index (χ0n) is 18.3. The van der Waals surface area contributed by atoms with Gasteiger partial charge in [-0.15, -0.1) is 0 Å². The molecule has 1 amide bonds. The predicted octanol–water partition coefficient (Wildman–Crippen LogP) is 5.33. The van der Waals surface area contributed by atoms with Gasteiger partial charge in [0.2, 0.25) is 0 Å². The van der Waals surface area contributed by atoms with Gasteiger partial charge in [0, 0.05) is 37.3 Å². The van der Waals surface area contributed by atoms with Crippen LogP contribution in [0, 0.1) is 23.5 Å². The lowest BCUT2D eigenvalue weighted by Gasteiger charge is -2.17. The molecule has 1 N–H and O–H groups in total. The highest BCUT2D eigenvalue weighted by Gasteiger charge is 2.47. The van der Waals surface area contributed by atoms with Crippen molar-refractivity contribution in [1.29, 1.82) is 0 Å². The summed E-state index contributed by atoms with van der Waals surface area (Å²) in [5.74, 6) is -0.784. The number of hydrogen-bond donors (Lipinski definition) is 1. The van der Waals surface area contributed by atoms with E-state index in [1.165, 1.54) is 19.3 Å². The van der Waals surface area contributed by atoms with Gasteiger partial charge < -0.3 is 19.4 Å². The number of halogens is 2. The maximum absolute atomic E-state index is 14.6. The molecule has 6 nitrogen and oxygen atoms in total. The molecule has 1 aromatic heterocycles. The van der Waals surface area contributed by atoms with Crippen molar-refractivity contribution in [3.05, 3.63) is 35.2 Å². The summed E-state index contributed by atoms with van der Waals surface area (Å²) in [5.41, 5.74) is 0.172. The van der Waals surface area contributed by atoms with Crippen LogP contribution < -0.4 is 15.0 Å². The second-order valence-corrected chi connectivity index (χ2v) is 9.21. The Hall–Kier alpha value is -2.64.